The number of esters is 1. The number of carbonyl (C=O) groups is 2. The van der Waals surface area contributed by atoms with Gasteiger partial charge in [-0.05, 0) is 79.4 Å². The first-order valence-electron chi connectivity index (χ1n) is 16.6. The molecule has 10 heteroatoms. The van der Waals surface area contributed by atoms with E-state index < -0.39 is 31.2 Å². The van der Waals surface area contributed by atoms with Crippen molar-refractivity contribution < 1.29 is 35.9 Å². The zero-order chi connectivity index (χ0) is 36.3. The molecule has 5 aromatic rings. The third-order valence-corrected chi connectivity index (χ3v) is 12.7. The Morgan fingerprint density at radius 1 is 0.647 bits per heavy atom. The molecule has 0 fully saturated rings. The maximum atomic E-state index is 13.6. The number of benzene rings is 5. The molecule has 0 atom stereocenters. The molecule has 2 aliphatic rings. The number of hydrogen-bond donors (Lipinski definition) is 0. The summed E-state index contributed by atoms with van der Waals surface area (Å²) in [7, 11) is -7.46. The Morgan fingerprint density at radius 2 is 1.14 bits per heavy atom. The normalized spacial score (nSPS) is 14.4. The van der Waals surface area contributed by atoms with Crippen LogP contribution in [0.3, 0.4) is 0 Å². The van der Waals surface area contributed by atoms with Gasteiger partial charge in [0.05, 0.1) is 26.9 Å². The largest absolute Gasteiger partial charge is 0.456 e. The van der Waals surface area contributed by atoms with E-state index in [1.807, 2.05) is 27.7 Å². The van der Waals surface area contributed by atoms with Gasteiger partial charge in [0.25, 0.3) is 0 Å². The van der Waals surface area contributed by atoms with E-state index in [-0.39, 0.29) is 50.1 Å². The van der Waals surface area contributed by atoms with Gasteiger partial charge in [0.1, 0.15) is 11.5 Å². The first kappa shape index (κ1) is 34.4. The van der Waals surface area contributed by atoms with Crippen molar-refractivity contribution in [3.05, 3.63) is 153 Å². The highest BCUT2D eigenvalue weighted by Gasteiger charge is 2.54. The SMILES string of the molecule is Cc1ccc(S(=O)(=O)Cc2ccc3c(c2)Oc2cc(CS(=O)(=O)c4ccc(C)cc4)ccc2C32OC(=O)c3ccc(C(=O)CC(C)C)cc32)cc1. The number of Topliss-reactive ketones (excluding diaryl/α,β-unsaturated/α-hetero) is 1. The van der Waals surface area contributed by atoms with Gasteiger partial charge < -0.3 is 9.47 Å². The molecule has 260 valence electrons. The predicted molar refractivity (Wildman–Crippen MR) is 193 cm³/mol. The van der Waals surface area contributed by atoms with E-state index in [2.05, 4.69) is 0 Å². The lowest BCUT2D eigenvalue weighted by Gasteiger charge is -2.37. The van der Waals surface area contributed by atoms with E-state index in [0.717, 1.165) is 11.1 Å². The molecular weight excluding hydrogens is 685 g/mol. The molecule has 2 heterocycles. The summed E-state index contributed by atoms with van der Waals surface area (Å²) >= 11 is 0. The maximum Gasteiger partial charge on any atom is 0.340 e. The highest BCUT2D eigenvalue weighted by molar-refractivity contribution is 7.91. The summed E-state index contributed by atoms with van der Waals surface area (Å²) in [6, 6.07) is 28.1. The second-order valence-electron chi connectivity index (χ2n) is 13.8. The topological polar surface area (TPSA) is 121 Å². The minimum atomic E-state index is -3.73. The Bertz CT molecular complexity index is 2320. The third kappa shape index (κ3) is 6.27. The van der Waals surface area contributed by atoms with Gasteiger partial charge in [0.2, 0.25) is 0 Å². The van der Waals surface area contributed by atoms with Crippen LogP contribution in [0, 0.1) is 19.8 Å². The minimum Gasteiger partial charge on any atom is -0.456 e. The number of hydrogen-bond acceptors (Lipinski definition) is 8. The van der Waals surface area contributed by atoms with Crippen molar-refractivity contribution in [1.29, 1.82) is 0 Å². The van der Waals surface area contributed by atoms with Crippen LogP contribution in [0.1, 0.15) is 79.9 Å². The van der Waals surface area contributed by atoms with Crippen molar-refractivity contribution in [3.63, 3.8) is 0 Å². The molecule has 0 saturated heterocycles. The van der Waals surface area contributed by atoms with Gasteiger partial charge in [0, 0.05) is 28.7 Å². The molecule has 0 aromatic heterocycles. The van der Waals surface area contributed by atoms with Crippen LogP contribution in [-0.2, 0) is 41.5 Å². The molecule has 51 heavy (non-hydrogen) atoms. The molecule has 5 aromatic carbocycles. The summed E-state index contributed by atoms with van der Waals surface area (Å²) in [5.41, 5.74) is 3.27. The van der Waals surface area contributed by atoms with Gasteiger partial charge in [-0.15, -0.1) is 0 Å². The summed E-state index contributed by atoms with van der Waals surface area (Å²) < 4.78 is 66.5. The van der Waals surface area contributed by atoms with E-state index in [9.17, 15) is 26.4 Å². The summed E-state index contributed by atoms with van der Waals surface area (Å²) in [5, 5.41) is 0. The lowest BCUT2D eigenvalue weighted by atomic mass is 9.76. The Hall–Kier alpha value is -5.06. The van der Waals surface area contributed by atoms with Gasteiger partial charge in [-0.3, -0.25) is 4.79 Å². The lowest BCUT2D eigenvalue weighted by molar-refractivity contribution is 0.0224. The molecule has 0 saturated carbocycles. The fourth-order valence-electron chi connectivity index (χ4n) is 6.75. The first-order valence-corrected chi connectivity index (χ1v) is 19.9. The molecule has 0 unspecified atom stereocenters. The second-order valence-corrected chi connectivity index (χ2v) is 17.7. The highest BCUT2D eigenvalue weighted by Crippen LogP contribution is 2.56. The Labute approximate surface area is 297 Å². The van der Waals surface area contributed by atoms with Crippen molar-refractivity contribution in [3.8, 4) is 11.5 Å². The van der Waals surface area contributed by atoms with Crippen LogP contribution in [0.25, 0.3) is 0 Å². The maximum absolute atomic E-state index is 13.6. The second kappa shape index (κ2) is 12.6. The molecule has 7 rings (SSSR count). The molecule has 2 aliphatic heterocycles. The van der Waals surface area contributed by atoms with Crippen LogP contribution in [-0.4, -0.2) is 28.6 Å². The average Bonchev–Trinajstić information content (AvgIpc) is 3.36. The molecular formula is C41H36O8S2. The van der Waals surface area contributed by atoms with Gasteiger partial charge in [-0.25, -0.2) is 21.6 Å². The van der Waals surface area contributed by atoms with Gasteiger partial charge >= 0.3 is 5.97 Å². The first-order chi connectivity index (χ1) is 24.2. The van der Waals surface area contributed by atoms with Crippen LogP contribution in [0.2, 0.25) is 0 Å². The zero-order valence-electron chi connectivity index (χ0n) is 28.6. The number of rotatable bonds is 9. The molecule has 0 amide bonds. The van der Waals surface area contributed by atoms with Crippen LogP contribution in [0.15, 0.2) is 113 Å². The molecule has 8 nitrogen and oxygen atoms in total. The Morgan fingerprint density at radius 3 is 1.61 bits per heavy atom. The monoisotopic (exact) mass is 720 g/mol. The number of ether oxygens (including phenoxy) is 2. The summed E-state index contributed by atoms with van der Waals surface area (Å²) in [5.74, 6) is -0.690. The predicted octanol–water partition coefficient (Wildman–Crippen LogP) is 8.05. The summed E-state index contributed by atoms with van der Waals surface area (Å²) in [4.78, 5) is 27.2. The quantitative estimate of drug-likeness (QED) is 0.111. The minimum absolute atomic E-state index is 0.0804. The van der Waals surface area contributed by atoms with E-state index in [0.29, 0.717) is 39.8 Å². The highest BCUT2D eigenvalue weighted by atomic mass is 32.2. The summed E-state index contributed by atoms with van der Waals surface area (Å²) in [6.07, 6.45) is 0.314. The van der Waals surface area contributed by atoms with E-state index >= 15 is 0 Å². The number of sulfone groups is 2. The third-order valence-electron chi connectivity index (χ3n) is 9.32. The fourth-order valence-corrected chi connectivity index (χ4v) is 9.42. The number of aryl methyl sites for hydroxylation is 2. The van der Waals surface area contributed by atoms with Crippen molar-refractivity contribution in [2.24, 2.45) is 5.92 Å². The molecule has 0 N–H and O–H groups in total. The van der Waals surface area contributed by atoms with Gasteiger partial charge in [-0.2, -0.15) is 0 Å². The van der Waals surface area contributed by atoms with Gasteiger partial charge in [-0.1, -0.05) is 79.6 Å². The van der Waals surface area contributed by atoms with Crippen LogP contribution in [0.5, 0.6) is 11.5 Å². The summed E-state index contributed by atoms with van der Waals surface area (Å²) in [6.45, 7) is 7.67. The Balaban J connectivity index is 1.36. The van der Waals surface area contributed by atoms with Crippen LogP contribution in [0.4, 0.5) is 0 Å². The smallest absolute Gasteiger partial charge is 0.340 e. The van der Waals surface area contributed by atoms with Crippen molar-refractivity contribution >= 4 is 31.4 Å². The van der Waals surface area contributed by atoms with Crippen molar-refractivity contribution in [2.45, 2.75) is 61.0 Å². The average molecular weight is 721 g/mol. The zero-order valence-corrected chi connectivity index (χ0v) is 30.2. The van der Waals surface area contributed by atoms with Crippen molar-refractivity contribution in [2.75, 3.05) is 0 Å². The van der Waals surface area contributed by atoms with Crippen LogP contribution >= 0.6 is 0 Å². The number of fused-ring (bicyclic) bond motifs is 6. The molecule has 1 spiro atoms. The lowest BCUT2D eigenvalue weighted by Crippen LogP contribution is -2.33. The Kier molecular flexibility index (Phi) is 8.51. The molecule has 0 bridgehead atoms. The van der Waals surface area contributed by atoms with Crippen molar-refractivity contribution in [1.82, 2.24) is 0 Å². The van der Waals surface area contributed by atoms with E-state index in [1.165, 1.54) is 0 Å². The van der Waals surface area contributed by atoms with Gasteiger partial charge in [0.15, 0.2) is 31.1 Å². The van der Waals surface area contributed by atoms with Crippen LogP contribution < -0.4 is 4.74 Å². The molecule has 0 radical (unpaired) electrons. The fraction of sp³-hybridized carbons (Fsp3) is 0.220. The standard InChI is InChI=1S/C41H36O8S2/c1-25(2)19-37(42)30-11-16-33-36(22-30)41(49-40(33)43)34-17-9-28(23-50(44,45)31-12-5-26(3)6-13-31)20-38(34)48-39-21-29(10-18-35(39)41)24-51(46,47)32-14-7-27(4)8-15-32/h5-18,20-22,25H,19,23-24H2,1-4H3. The van der Waals surface area contributed by atoms with E-state index in [1.54, 1.807) is 103 Å². The molecule has 0 aliphatic carbocycles. The number of ketones is 1. The number of carbonyl (C=O) groups excluding carboxylic acids is 2. The van der Waals surface area contributed by atoms with E-state index in [4.69, 9.17) is 9.47 Å².